The molecule has 3 aromatic rings. The average molecular weight is 322 g/mol. The minimum atomic E-state index is -0.0938. The number of hydrogen-bond acceptors (Lipinski definition) is 4. The maximum atomic E-state index is 12.8. The quantitative estimate of drug-likeness (QED) is 0.741. The van der Waals surface area contributed by atoms with Crippen molar-refractivity contribution in [1.29, 1.82) is 5.26 Å². The highest BCUT2D eigenvalue weighted by atomic mass is 32.1. The van der Waals surface area contributed by atoms with Gasteiger partial charge in [0.1, 0.15) is 0 Å². The lowest BCUT2D eigenvalue weighted by Crippen LogP contribution is -2.25. The molecule has 1 aliphatic carbocycles. The summed E-state index contributed by atoms with van der Waals surface area (Å²) in [4.78, 5) is 13.8. The van der Waals surface area contributed by atoms with E-state index in [9.17, 15) is 10.1 Å². The van der Waals surface area contributed by atoms with Gasteiger partial charge in [-0.25, -0.2) is 9.48 Å². The van der Waals surface area contributed by atoms with Crippen LogP contribution < -0.4 is 5.69 Å². The van der Waals surface area contributed by atoms with Gasteiger partial charge in [0.2, 0.25) is 0 Å². The summed E-state index contributed by atoms with van der Waals surface area (Å²) in [6.07, 6.45) is 2.05. The fourth-order valence-electron chi connectivity index (χ4n) is 2.69. The molecular weight excluding hydrogens is 308 g/mol. The molecule has 0 aliphatic heterocycles. The van der Waals surface area contributed by atoms with Crippen molar-refractivity contribution in [1.82, 2.24) is 14.3 Å². The van der Waals surface area contributed by atoms with Crippen LogP contribution in [0.5, 0.6) is 0 Å². The Morgan fingerprint density at radius 1 is 1.26 bits per heavy atom. The van der Waals surface area contributed by atoms with E-state index < -0.39 is 0 Å². The molecule has 1 aromatic carbocycles. The largest absolute Gasteiger partial charge is 0.346 e. The third-order valence-electron chi connectivity index (χ3n) is 3.98. The fourth-order valence-corrected chi connectivity index (χ4v) is 3.39. The van der Waals surface area contributed by atoms with Gasteiger partial charge in [-0.05, 0) is 35.9 Å². The summed E-state index contributed by atoms with van der Waals surface area (Å²) in [6.45, 7) is 0.320. The Balaban J connectivity index is 1.80. The van der Waals surface area contributed by atoms with E-state index in [0.717, 1.165) is 29.1 Å². The number of aromatic nitrogens is 3. The standard InChI is InChI=1S/C17H14N4OS/c18-10-12-4-1-2-5-13(12)11-20-17(22)21(14-7-8-14)16(19-20)15-6-3-9-23-15/h1-6,9,14H,7-8,11H2. The zero-order valence-electron chi connectivity index (χ0n) is 12.3. The lowest BCUT2D eigenvalue weighted by Gasteiger charge is -2.02. The SMILES string of the molecule is N#Cc1ccccc1Cn1nc(-c2cccs2)n(C2CC2)c1=O. The van der Waals surface area contributed by atoms with Crippen LogP contribution in [0, 0.1) is 11.3 Å². The van der Waals surface area contributed by atoms with E-state index in [1.165, 1.54) is 4.68 Å². The van der Waals surface area contributed by atoms with Gasteiger partial charge in [-0.3, -0.25) is 4.57 Å². The van der Waals surface area contributed by atoms with E-state index in [0.29, 0.717) is 12.1 Å². The third kappa shape index (κ3) is 2.49. The molecule has 0 saturated heterocycles. The van der Waals surface area contributed by atoms with Crippen molar-refractivity contribution in [3.05, 3.63) is 63.4 Å². The van der Waals surface area contributed by atoms with E-state index in [4.69, 9.17) is 0 Å². The van der Waals surface area contributed by atoms with Crippen LogP contribution in [0.15, 0.2) is 46.6 Å². The molecule has 0 spiro atoms. The van der Waals surface area contributed by atoms with Crippen LogP contribution in [-0.2, 0) is 6.54 Å². The zero-order valence-corrected chi connectivity index (χ0v) is 13.2. The number of benzene rings is 1. The van der Waals surface area contributed by atoms with Gasteiger partial charge < -0.3 is 0 Å². The molecule has 0 radical (unpaired) electrons. The Labute approximate surface area is 137 Å². The molecular formula is C17H14N4OS. The van der Waals surface area contributed by atoms with Crippen LogP contribution in [0.3, 0.4) is 0 Å². The van der Waals surface area contributed by atoms with Gasteiger partial charge in [-0.2, -0.15) is 5.26 Å². The molecule has 114 valence electrons. The minimum Gasteiger partial charge on any atom is -0.271 e. The normalized spacial score (nSPS) is 13.9. The summed E-state index contributed by atoms with van der Waals surface area (Å²) < 4.78 is 3.28. The second kappa shape index (κ2) is 5.52. The Hall–Kier alpha value is -2.65. The lowest BCUT2D eigenvalue weighted by molar-refractivity contribution is 0.625. The van der Waals surface area contributed by atoms with Crippen molar-refractivity contribution in [3.8, 4) is 16.8 Å². The van der Waals surface area contributed by atoms with Crippen molar-refractivity contribution in [2.24, 2.45) is 0 Å². The van der Waals surface area contributed by atoms with Crippen LogP contribution in [-0.4, -0.2) is 14.3 Å². The van der Waals surface area contributed by atoms with Crippen molar-refractivity contribution in [3.63, 3.8) is 0 Å². The second-order valence-electron chi connectivity index (χ2n) is 5.61. The van der Waals surface area contributed by atoms with Crippen molar-refractivity contribution in [2.75, 3.05) is 0 Å². The molecule has 0 N–H and O–H groups in total. The Morgan fingerprint density at radius 3 is 2.78 bits per heavy atom. The van der Waals surface area contributed by atoms with Gasteiger partial charge in [-0.15, -0.1) is 16.4 Å². The summed E-state index contributed by atoms with van der Waals surface area (Å²) in [7, 11) is 0. The number of rotatable bonds is 4. The van der Waals surface area contributed by atoms with Crippen molar-refractivity contribution < 1.29 is 0 Å². The summed E-state index contributed by atoms with van der Waals surface area (Å²) in [6, 6.07) is 13.7. The van der Waals surface area contributed by atoms with E-state index in [2.05, 4.69) is 11.2 Å². The molecule has 0 amide bonds. The third-order valence-corrected chi connectivity index (χ3v) is 4.85. The number of nitriles is 1. The van der Waals surface area contributed by atoms with Gasteiger partial charge in [0.25, 0.3) is 0 Å². The van der Waals surface area contributed by atoms with Gasteiger partial charge >= 0.3 is 5.69 Å². The Bertz CT molecular complexity index is 942. The maximum Gasteiger partial charge on any atom is 0.346 e. The molecule has 2 heterocycles. The molecule has 4 rings (SSSR count). The number of nitrogens with zero attached hydrogens (tertiary/aromatic N) is 4. The topological polar surface area (TPSA) is 63.6 Å². The summed E-state index contributed by atoms with van der Waals surface area (Å²) in [5, 5.41) is 15.8. The summed E-state index contributed by atoms with van der Waals surface area (Å²) in [5.74, 6) is 0.738. The van der Waals surface area contributed by atoms with Crippen LogP contribution >= 0.6 is 11.3 Å². The molecule has 0 unspecified atom stereocenters. The molecule has 1 saturated carbocycles. The van der Waals surface area contributed by atoms with Gasteiger partial charge in [0.15, 0.2) is 5.82 Å². The average Bonchev–Trinajstić information content (AvgIpc) is 3.15. The molecule has 2 aromatic heterocycles. The first-order chi connectivity index (χ1) is 11.3. The van der Waals surface area contributed by atoms with Crippen LogP contribution in [0.25, 0.3) is 10.7 Å². The predicted molar refractivity (Wildman–Crippen MR) is 88.3 cm³/mol. The highest BCUT2D eigenvalue weighted by molar-refractivity contribution is 7.13. The Kier molecular flexibility index (Phi) is 3.36. The molecule has 0 bridgehead atoms. The molecule has 23 heavy (non-hydrogen) atoms. The minimum absolute atomic E-state index is 0.0938. The van der Waals surface area contributed by atoms with Gasteiger partial charge in [0.05, 0.1) is 23.1 Å². The van der Waals surface area contributed by atoms with Crippen LogP contribution in [0.2, 0.25) is 0 Å². The second-order valence-corrected chi connectivity index (χ2v) is 6.56. The summed E-state index contributed by atoms with van der Waals surface area (Å²) in [5.41, 5.74) is 1.30. The predicted octanol–water partition coefficient (Wildman–Crippen LogP) is 3.03. The Morgan fingerprint density at radius 2 is 2.09 bits per heavy atom. The number of thiophene rings is 1. The van der Waals surface area contributed by atoms with Crippen LogP contribution in [0.1, 0.15) is 30.0 Å². The molecule has 6 heteroatoms. The highest BCUT2D eigenvalue weighted by Crippen LogP contribution is 2.37. The van der Waals surface area contributed by atoms with Crippen molar-refractivity contribution in [2.45, 2.75) is 25.4 Å². The van der Waals surface area contributed by atoms with Gasteiger partial charge in [0, 0.05) is 6.04 Å². The zero-order chi connectivity index (χ0) is 15.8. The smallest absolute Gasteiger partial charge is 0.271 e. The molecule has 1 aliphatic rings. The van der Waals surface area contributed by atoms with Crippen LogP contribution in [0.4, 0.5) is 0 Å². The van der Waals surface area contributed by atoms with Crippen molar-refractivity contribution >= 4 is 11.3 Å². The van der Waals surface area contributed by atoms with E-state index in [1.807, 2.05) is 35.7 Å². The van der Waals surface area contributed by atoms with E-state index >= 15 is 0 Å². The molecule has 0 atom stereocenters. The maximum absolute atomic E-state index is 12.8. The summed E-state index contributed by atoms with van der Waals surface area (Å²) >= 11 is 1.58. The van der Waals surface area contributed by atoms with E-state index in [-0.39, 0.29) is 11.7 Å². The molecule has 5 nitrogen and oxygen atoms in total. The molecule has 1 fully saturated rings. The van der Waals surface area contributed by atoms with E-state index in [1.54, 1.807) is 22.0 Å². The number of hydrogen-bond donors (Lipinski definition) is 0. The first-order valence-corrected chi connectivity index (χ1v) is 8.37. The first kappa shape index (κ1) is 14.0. The van der Waals surface area contributed by atoms with Gasteiger partial charge in [-0.1, -0.05) is 24.3 Å². The fraction of sp³-hybridized carbons (Fsp3) is 0.235. The first-order valence-electron chi connectivity index (χ1n) is 7.49. The lowest BCUT2D eigenvalue weighted by atomic mass is 10.1. The highest BCUT2D eigenvalue weighted by Gasteiger charge is 2.30. The monoisotopic (exact) mass is 322 g/mol.